The fraction of sp³-hybridized carbons (Fsp3) is 0.167. The molecule has 0 heterocycles. The maximum Gasteiger partial charge on any atom is 0.325 e. The molecule has 0 unspecified atom stereocenters. The van der Waals surface area contributed by atoms with E-state index in [-0.39, 0.29) is 23.7 Å². The van der Waals surface area contributed by atoms with Crippen LogP contribution in [0.1, 0.15) is 15.9 Å². The lowest BCUT2D eigenvalue weighted by Crippen LogP contribution is -2.33. The molecule has 9 heteroatoms. The molecule has 0 atom stereocenters. The predicted molar refractivity (Wildman–Crippen MR) is 103 cm³/mol. The Labute approximate surface area is 170 Å². The zero-order valence-electron chi connectivity index (χ0n) is 13.9. The first kappa shape index (κ1) is 21.0. The van der Waals surface area contributed by atoms with Gasteiger partial charge in [-0.15, -0.1) is 0 Å². The third-order valence-corrected chi connectivity index (χ3v) is 4.29. The summed E-state index contributed by atoms with van der Waals surface area (Å²) >= 11 is 17.5. The van der Waals surface area contributed by atoms with Gasteiger partial charge in [-0.05, 0) is 35.9 Å². The number of carbonyl (C=O) groups is 3. The largest absolute Gasteiger partial charge is 0.454 e. The van der Waals surface area contributed by atoms with Crippen molar-refractivity contribution < 1.29 is 19.1 Å². The summed E-state index contributed by atoms with van der Waals surface area (Å²) in [5.41, 5.74) is 1.06. The van der Waals surface area contributed by atoms with E-state index in [0.29, 0.717) is 10.0 Å². The molecular formula is C18H15Cl3N2O4. The van der Waals surface area contributed by atoms with Gasteiger partial charge in [-0.3, -0.25) is 14.4 Å². The van der Waals surface area contributed by atoms with Gasteiger partial charge in [0.05, 0.1) is 10.0 Å². The van der Waals surface area contributed by atoms with Gasteiger partial charge >= 0.3 is 5.97 Å². The van der Waals surface area contributed by atoms with Crippen LogP contribution in [-0.4, -0.2) is 30.9 Å². The first-order valence-electron chi connectivity index (χ1n) is 7.75. The van der Waals surface area contributed by atoms with Crippen LogP contribution in [-0.2, 0) is 20.9 Å². The van der Waals surface area contributed by atoms with Crippen LogP contribution in [0.25, 0.3) is 0 Å². The van der Waals surface area contributed by atoms with Crippen molar-refractivity contribution in [2.75, 3.05) is 13.2 Å². The van der Waals surface area contributed by atoms with Crippen molar-refractivity contribution in [2.45, 2.75) is 6.54 Å². The number of carbonyl (C=O) groups excluding carboxylic acids is 3. The SMILES string of the molecule is O=C(COC(=O)CNC(=O)c1ccc(Cl)c(Cl)c1)NCc1cccc(Cl)c1. The minimum Gasteiger partial charge on any atom is -0.454 e. The number of halogens is 3. The topological polar surface area (TPSA) is 84.5 Å². The molecule has 2 aromatic carbocycles. The first-order chi connectivity index (χ1) is 12.8. The van der Waals surface area contributed by atoms with Crippen LogP contribution < -0.4 is 10.6 Å². The van der Waals surface area contributed by atoms with Crippen molar-refractivity contribution in [3.63, 3.8) is 0 Å². The van der Waals surface area contributed by atoms with E-state index in [1.54, 1.807) is 24.3 Å². The Balaban J connectivity index is 1.70. The van der Waals surface area contributed by atoms with E-state index in [1.807, 2.05) is 0 Å². The number of nitrogens with one attached hydrogen (secondary N) is 2. The molecule has 0 aliphatic rings. The maximum atomic E-state index is 11.9. The average Bonchev–Trinajstić information content (AvgIpc) is 2.65. The van der Waals surface area contributed by atoms with Gasteiger partial charge in [0, 0.05) is 17.1 Å². The van der Waals surface area contributed by atoms with Crippen LogP contribution in [0.4, 0.5) is 0 Å². The molecule has 0 aliphatic heterocycles. The van der Waals surface area contributed by atoms with E-state index < -0.39 is 24.4 Å². The molecule has 0 aromatic heterocycles. The second-order valence-corrected chi connectivity index (χ2v) is 6.63. The highest BCUT2D eigenvalue weighted by Crippen LogP contribution is 2.22. The van der Waals surface area contributed by atoms with Gasteiger partial charge in [0.2, 0.25) is 0 Å². The summed E-state index contributed by atoms with van der Waals surface area (Å²) in [6.45, 7) is -0.590. The summed E-state index contributed by atoms with van der Waals surface area (Å²) in [6, 6.07) is 11.3. The van der Waals surface area contributed by atoms with Crippen LogP contribution in [0.3, 0.4) is 0 Å². The standard InChI is InChI=1S/C18H15Cl3N2O4/c19-13-3-1-2-11(6-13)8-22-16(24)10-27-17(25)9-23-18(26)12-4-5-14(20)15(21)7-12/h1-7H,8-10H2,(H,22,24)(H,23,26). The summed E-state index contributed by atoms with van der Waals surface area (Å²) in [5.74, 6) is -1.74. The summed E-state index contributed by atoms with van der Waals surface area (Å²) in [4.78, 5) is 35.3. The van der Waals surface area contributed by atoms with Gasteiger partial charge < -0.3 is 15.4 Å². The molecule has 0 spiro atoms. The Morgan fingerprint density at radius 1 is 0.926 bits per heavy atom. The van der Waals surface area contributed by atoms with Crippen LogP contribution in [0.15, 0.2) is 42.5 Å². The molecule has 0 saturated heterocycles. The third kappa shape index (κ3) is 7.09. The van der Waals surface area contributed by atoms with Crippen molar-refractivity contribution in [1.82, 2.24) is 10.6 Å². The third-order valence-electron chi connectivity index (χ3n) is 3.32. The van der Waals surface area contributed by atoms with E-state index in [0.717, 1.165) is 5.56 Å². The molecule has 2 N–H and O–H groups in total. The number of esters is 1. The van der Waals surface area contributed by atoms with Crippen LogP contribution in [0.5, 0.6) is 0 Å². The van der Waals surface area contributed by atoms with E-state index in [1.165, 1.54) is 18.2 Å². The lowest BCUT2D eigenvalue weighted by Gasteiger charge is -2.08. The minimum absolute atomic E-state index is 0.225. The summed E-state index contributed by atoms with van der Waals surface area (Å²) in [6.07, 6.45) is 0. The highest BCUT2D eigenvalue weighted by atomic mass is 35.5. The molecular weight excluding hydrogens is 415 g/mol. The minimum atomic E-state index is -0.749. The second kappa shape index (κ2) is 10.2. The van der Waals surface area contributed by atoms with Gasteiger partial charge in [-0.25, -0.2) is 0 Å². The van der Waals surface area contributed by atoms with E-state index in [2.05, 4.69) is 10.6 Å². The van der Waals surface area contributed by atoms with Crippen molar-refractivity contribution >= 4 is 52.6 Å². The van der Waals surface area contributed by atoms with Gasteiger partial charge in [0.1, 0.15) is 6.54 Å². The fourth-order valence-electron chi connectivity index (χ4n) is 1.99. The van der Waals surface area contributed by atoms with E-state index in [9.17, 15) is 14.4 Å². The molecule has 2 aromatic rings. The first-order valence-corrected chi connectivity index (χ1v) is 8.88. The van der Waals surface area contributed by atoms with Crippen molar-refractivity contribution in [1.29, 1.82) is 0 Å². The number of hydrogen-bond acceptors (Lipinski definition) is 4. The normalized spacial score (nSPS) is 10.2. The molecule has 142 valence electrons. The predicted octanol–water partition coefficient (Wildman–Crippen LogP) is 3.24. The van der Waals surface area contributed by atoms with Crippen LogP contribution in [0.2, 0.25) is 15.1 Å². The Hall–Kier alpha value is -2.28. The Bertz CT molecular complexity index is 858. The Morgan fingerprint density at radius 3 is 2.41 bits per heavy atom. The quantitative estimate of drug-likeness (QED) is 0.662. The molecule has 2 rings (SSSR count). The highest BCUT2D eigenvalue weighted by molar-refractivity contribution is 6.42. The van der Waals surface area contributed by atoms with Crippen LogP contribution in [0, 0.1) is 0 Å². The Morgan fingerprint density at radius 2 is 1.70 bits per heavy atom. The van der Waals surface area contributed by atoms with Crippen molar-refractivity contribution in [2.24, 2.45) is 0 Å². The Kier molecular flexibility index (Phi) is 7.91. The second-order valence-electron chi connectivity index (χ2n) is 5.38. The molecule has 2 amide bonds. The van der Waals surface area contributed by atoms with Gasteiger partial charge in [0.15, 0.2) is 6.61 Å². The highest BCUT2D eigenvalue weighted by Gasteiger charge is 2.12. The smallest absolute Gasteiger partial charge is 0.325 e. The molecule has 6 nitrogen and oxygen atoms in total. The molecule has 27 heavy (non-hydrogen) atoms. The monoisotopic (exact) mass is 428 g/mol. The van der Waals surface area contributed by atoms with E-state index >= 15 is 0 Å². The van der Waals surface area contributed by atoms with Gasteiger partial charge in [0.25, 0.3) is 11.8 Å². The van der Waals surface area contributed by atoms with Crippen molar-refractivity contribution in [3.8, 4) is 0 Å². The number of benzene rings is 2. The number of ether oxygens (including phenoxy) is 1. The zero-order valence-corrected chi connectivity index (χ0v) is 16.2. The maximum absolute atomic E-state index is 11.9. The number of hydrogen-bond donors (Lipinski definition) is 2. The lowest BCUT2D eigenvalue weighted by molar-refractivity contribution is -0.147. The lowest BCUT2D eigenvalue weighted by atomic mass is 10.2. The van der Waals surface area contributed by atoms with Gasteiger partial charge in [-0.1, -0.05) is 46.9 Å². The van der Waals surface area contributed by atoms with Crippen LogP contribution >= 0.6 is 34.8 Å². The summed E-state index contributed by atoms with van der Waals surface area (Å²) in [7, 11) is 0. The molecule has 0 aliphatic carbocycles. The van der Waals surface area contributed by atoms with E-state index in [4.69, 9.17) is 39.5 Å². The summed E-state index contributed by atoms with van der Waals surface area (Å²) in [5, 5.41) is 6.07. The number of amides is 2. The molecule has 0 radical (unpaired) electrons. The summed E-state index contributed by atoms with van der Waals surface area (Å²) < 4.78 is 4.81. The molecule has 0 bridgehead atoms. The number of rotatable bonds is 7. The molecule has 0 fully saturated rings. The molecule has 0 saturated carbocycles. The zero-order chi connectivity index (χ0) is 19.8. The average molecular weight is 430 g/mol. The van der Waals surface area contributed by atoms with Gasteiger partial charge in [-0.2, -0.15) is 0 Å². The fourth-order valence-corrected chi connectivity index (χ4v) is 2.50. The van der Waals surface area contributed by atoms with Crippen molar-refractivity contribution in [3.05, 3.63) is 68.7 Å².